The smallest absolute Gasteiger partial charge is 0.455 e. The number of benzene rings is 1. The number of nitro benzene ring substituents is 1. The predicted molar refractivity (Wildman–Crippen MR) is 90.2 cm³/mol. The van der Waals surface area contributed by atoms with Gasteiger partial charge in [-0.25, -0.2) is 5.43 Å². The lowest BCUT2D eigenvalue weighted by molar-refractivity contribution is -0.384. The second kappa shape index (κ2) is 8.04. The van der Waals surface area contributed by atoms with Crippen molar-refractivity contribution < 1.29 is 44.9 Å². The number of amides is 1. The van der Waals surface area contributed by atoms with Crippen molar-refractivity contribution in [2.45, 2.75) is 18.0 Å². The van der Waals surface area contributed by atoms with E-state index in [1.165, 1.54) is 30.3 Å². The molecule has 2 rings (SSSR count). The molecule has 0 aliphatic heterocycles. The first-order valence-electron chi connectivity index (χ1n) is 7.38. The maximum absolute atomic E-state index is 13.1. The Hall–Kier alpha value is -2.97. The van der Waals surface area contributed by atoms with E-state index in [2.05, 4.69) is 21.0 Å². The lowest BCUT2D eigenvalue weighted by atomic mass is 10.1. The molecule has 0 bridgehead atoms. The van der Waals surface area contributed by atoms with Crippen molar-refractivity contribution in [2.24, 2.45) is 5.10 Å². The van der Waals surface area contributed by atoms with Crippen LogP contribution in [-0.2, 0) is 4.79 Å². The van der Waals surface area contributed by atoms with Crippen LogP contribution in [0.5, 0.6) is 0 Å². The molecular formula is C15H7BrF7N3O4. The van der Waals surface area contributed by atoms with Crippen LogP contribution in [0.25, 0.3) is 11.3 Å². The minimum Gasteiger partial charge on any atom is -0.455 e. The summed E-state index contributed by atoms with van der Waals surface area (Å²) in [5.41, 5.74) is 0.996. The van der Waals surface area contributed by atoms with Crippen LogP contribution in [-0.4, -0.2) is 35.1 Å². The fourth-order valence-electron chi connectivity index (χ4n) is 1.93. The van der Waals surface area contributed by atoms with Crippen molar-refractivity contribution >= 4 is 33.7 Å². The molecule has 1 N–H and O–H groups in total. The highest BCUT2D eigenvalue weighted by Crippen LogP contribution is 2.46. The Balaban J connectivity index is 2.13. The van der Waals surface area contributed by atoms with E-state index in [0.717, 1.165) is 5.43 Å². The Morgan fingerprint density at radius 1 is 1.13 bits per heavy atom. The number of hydrogen-bond donors (Lipinski definition) is 1. The van der Waals surface area contributed by atoms with Crippen LogP contribution in [0.15, 0.2) is 44.3 Å². The SMILES string of the molecule is O=C(N/N=C/c1ccc(-c2ccc([N+](=O)[O-])cc2Br)o1)C(F)(F)C(F)(F)C(F)(F)F. The van der Waals surface area contributed by atoms with Gasteiger partial charge in [0.05, 0.1) is 11.1 Å². The molecule has 0 saturated carbocycles. The standard InChI is InChI=1S/C15H7BrF7N3O4/c16-10-5-7(26(28)29)1-3-9(10)11-4-2-8(30-11)6-24-25-12(27)13(17,18)14(19,20)15(21,22)23/h1-6H,(H,25,27)/b24-6+. The number of hydrogen-bond acceptors (Lipinski definition) is 5. The number of furan rings is 1. The zero-order chi connectivity index (χ0) is 22.9. The third kappa shape index (κ3) is 4.44. The average Bonchev–Trinajstić information content (AvgIpc) is 3.08. The molecule has 1 amide bonds. The first-order chi connectivity index (χ1) is 13.7. The molecule has 162 valence electrons. The zero-order valence-electron chi connectivity index (χ0n) is 14.0. The number of nitrogens with one attached hydrogen (secondary N) is 1. The number of non-ortho nitro benzene ring substituents is 1. The van der Waals surface area contributed by atoms with E-state index in [9.17, 15) is 45.6 Å². The van der Waals surface area contributed by atoms with Gasteiger partial charge < -0.3 is 4.42 Å². The maximum Gasteiger partial charge on any atom is 0.460 e. The Morgan fingerprint density at radius 2 is 1.77 bits per heavy atom. The van der Waals surface area contributed by atoms with Gasteiger partial charge in [0, 0.05) is 22.2 Å². The maximum atomic E-state index is 13.1. The Labute approximate surface area is 169 Å². The Kier molecular flexibility index (Phi) is 6.25. The lowest BCUT2D eigenvalue weighted by Crippen LogP contribution is -2.58. The molecule has 0 atom stereocenters. The number of carbonyl (C=O) groups is 1. The van der Waals surface area contributed by atoms with Crippen molar-refractivity contribution in [3.63, 3.8) is 0 Å². The molecule has 0 fully saturated rings. The quantitative estimate of drug-likeness (QED) is 0.261. The van der Waals surface area contributed by atoms with Gasteiger partial charge in [-0.1, -0.05) is 0 Å². The number of rotatable bonds is 6. The summed E-state index contributed by atoms with van der Waals surface area (Å²) in [4.78, 5) is 21.1. The van der Waals surface area contributed by atoms with Crippen molar-refractivity contribution in [3.8, 4) is 11.3 Å². The van der Waals surface area contributed by atoms with Crippen molar-refractivity contribution in [2.75, 3.05) is 0 Å². The molecule has 1 aromatic heterocycles. The fraction of sp³-hybridized carbons (Fsp3) is 0.200. The molecule has 2 aromatic rings. The monoisotopic (exact) mass is 505 g/mol. The van der Waals surface area contributed by atoms with Crippen LogP contribution in [0.2, 0.25) is 0 Å². The van der Waals surface area contributed by atoms with Gasteiger partial charge >= 0.3 is 23.9 Å². The molecule has 0 radical (unpaired) electrons. The van der Waals surface area contributed by atoms with Crippen LogP contribution in [0.3, 0.4) is 0 Å². The van der Waals surface area contributed by atoms with Crippen LogP contribution in [0, 0.1) is 10.1 Å². The van der Waals surface area contributed by atoms with Crippen molar-refractivity contribution in [1.29, 1.82) is 0 Å². The normalized spacial score (nSPS) is 12.9. The molecule has 0 aliphatic carbocycles. The summed E-state index contributed by atoms with van der Waals surface area (Å²) in [5.74, 6) is -15.8. The van der Waals surface area contributed by atoms with E-state index >= 15 is 0 Å². The van der Waals surface area contributed by atoms with Crippen molar-refractivity contribution in [3.05, 3.63) is 50.7 Å². The van der Waals surface area contributed by atoms with Gasteiger partial charge in [0.15, 0.2) is 0 Å². The molecule has 1 aromatic carbocycles. The summed E-state index contributed by atoms with van der Waals surface area (Å²) in [5, 5.41) is 13.6. The molecule has 7 nitrogen and oxygen atoms in total. The molecule has 15 heteroatoms. The van der Waals surface area contributed by atoms with Crippen molar-refractivity contribution in [1.82, 2.24) is 5.43 Å². The van der Waals surface area contributed by atoms with Gasteiger partial charge in [-0.15, -0.1) is 0 Å². The summed E-state index contributed by atoms with van der Waals surface area (Å²) < 4.78 is 93.4. The van der Waals surface area contributed by atoms with Crippen LogP contribution >= 0.6 is 15.9 Å². The number of nitrogens with zero attached hydrogens (tertiary/aromatic N) is 2. The highest BCUT2D eigenvalue weighted by atomic mass is 79.9. The van der Waals surface area contributed by atoms with Gasteiger partial charge in [0.25, 0.3) is 5.69 Å². The third-order valence-corrected chi connectivity index (χ3v) is 4.11. The van der Waals surface area contributed by atoms with Gasteiger partial charge in [-0.05, 0) is 34.1 Å². The van der Waals surface area contributed by atoms with Gasteiger partial charge in [-0.2, -0.15) is 35.8 Å². The molecule has 0 unspecified atom stereocenters. The van der Waals surface area contributed by atoms with E-state index in [0.29, 0.717) is 11.8 Å². The summed E-state index contributed by atoms with van der Waals surface area (Å²) in [6, 6.07) is 6.18. The summed E-state index contributed by atoms with van der Waals surface area (Å²) in [7, 11) is 0. The molecule has 0 spiro atoms. The second-order valence-corrected chi connectivity index (χ2v) is 6.32. The number of alkyl halides is 7. The number of halogens is 8. The second-order valence-electron chi connectivity index (χ2n) is 5.47. The number of carbonyl (C=O) groups excluding carboxylic acids is 1. The fourth-order valence-corrected chi connectivity index (χ4v) is 2.49. The third-order valence-electron chi connectivity index (χ3n) is 3.45. The first-order valence-corrected chi connectivity index (χ1v) is 8.18. The molecule has 0 aliphatic rings. The summed E-state index contributed by atoms with van der Waals surface area (Å²) in [6.45, 7) is 0. The van der Waals surface area contributed by atoms with E-state index in [-0.39, 0.29) is 21.7 Å². The van der Waals surface area contributed by atoms with Gasteiger partial charge in [0.1, 0.15) is 11.5 Å². The molecule has 30 heavy (non-hydrogen) atoms. The largest absolute Gasteiger partial charge is 0.460 e. The van der Waals surface area contributed by atoms with E-state index in [4.69, 9.17) is 4.42 Å². The number of nitro groups is 1. The lowest BCUT2D eigenvalue weighted by Gasteiger charge is -2.26. The Morgan fingerprint density at radius 3 is 2.30 bits per heavy atom. The Bertz CT molecular complexity index is 1000. The van der Waals surface area contributed by atoms with Gasteiger partial charge in [-0.3, -0.25) is 14.9 Å². The first kappa shape index (κ1) is 23.3. The number of hydrazone groups is 1. The van der Waals surface area contributed by atoms with E-state index in [1.807, 2.05) is 0 Å². The highest BCUT2D eigenvalue weighted by Gasteiger charge is 2.76. The zero-order valence-corrected chi connectivity index (χ0v) is 15.6. The predicted octanol–water partition coefficient (Wildman–Crippen LogP) is 4.90. The topological polar surface area (TPSA) is 97.7 Å². The van der Waals surface area contributed by atoms with Crippen LogP contribution in [0.4, 0.5) is 36.4 Å². The highest BCUT2D eigenvalue weighted by molar-refractivity contribution is 9.10. The van der Waals surface area contributed by atoms with E-state index in [1.54, 1.807) is 0 Å². The molecular weight excluding hydrogens is 499 g/mol. The summed E-state index contributed by atoms with van der Waals surface area (Å²) in [6.07, 6.45) is -6.09. The summed E-state index contributed by atoms with van der Waals surface area (Å²) >= 11 is 3.09. The van der Waals surface area contributed by atoms with Gasteiger partial charge in [0.2, 0.25) is 0 Å². The van der Waals surface area contributed by atoms with Crippen LogP contribution in [0.1, 0.15) is 5.76 Å². The minimum absolute atomic E-state index is 0.110. The van der Waals surface area contributed by atoms with Crippen LogP contribution < -0.4 is 5.43 Å². The van der Waals surface area contributed by atoms with E-state index < -0.39 is 28.9 Å². The average molecular weight is 506 g/mol. The minimum atomic E-state index is -6.66. The molecule has 0 saturated heterocycles. The molecule has 1 heterocycles.